The van der Waals surface area contributed by atoms with Crippen molar-refractivity contribution in [3.63, 3.8) is 0 Å². The summed E-state index contributed by atoms with van der Waals surface area (Å²) in [6.45, 7) is 1.82. The number of fused-ring (bicyclic) bond motifs is 1. The first-order valence-electron chi connectivity index (χ1n) is 9.57. The summed E-state index contributed by atoms with van der Waals surface area (Å²) in [5, 5.41) is 5.84. The summed E-state index contributed by atoms with van der Waals surface area (Å²) in [5.41, 5.74) is 5.57. The number of aryl methyl sites for hydroxylation is 1. The molecular weight excluding hydrogens is 362 g/mol. The third-order valence-corrected chi connectivity index (χ3v) is 5.79. The molecule has 3 aliphatic rings. The van der Waals surface area contributed by atoms with Crippen LogP contribution >= 0.6 is 0 Å². The quantitative estimate of drug-likeness (QED) is 0.649. The fourth-order valence-corrected chi connectivity index (χ4v) is 4.02. The second-order valence-electron chi connectivity index (χ2n) is 8.02. The molecule has 150 valence electrons. The minimum absolute atomic E-state index is 0.00870. The lowest BCUT2D eigenvalue weighted by molar-refractivity contribution is -0.140. The molecule has 4 rings (SSSR count). The summed E-state index contributed by atoms with van der Waals surface area (Å²) in [7, 11) is 1.72. The SMILES string of the molecule is CN[C@@H](CC1CC1)C(=O)N1C[C@@]2(C[C@H]1C(N)=O)Oc1ncc(C)cc1NC2=O. The highest BCUT2D eigenvalue weighted by molar-refractivity contribution is 6.03. The molecule has 0 bridgehead atoms. The van der Waals surface area contributed by atoms with E-state index in [0.29, 0.717) is 18.0 Å². The Kier molecular flexibility index (Phi) is 4.49. The highest BCUT2D eigenvalue weighted by Crippen LogP contribution is 2.40. The van der Waals surface area contributed by atoms with E-state index in [1.807, 2.05) is 6.92 Å². The van der Waals surface area contributed by atoms with Gasteiger partial charge in [-0.25, -0.2) is 4.98 Å². The number of likely N-dealkylation sites (N-methyl/N-ethyl adjacent to an activating group) is 1. The van der Waals surface area contributed by atoms with E-state index in [2.05, 4.69) is 15.6 Å². The average Bonchev–Trinajstić information content (AvgIpc) is 3.39. The smallest absolute Gasteiger partial charge is 0.270 e. The van der Waals surface area contributed by atoms with Gasteiger partial charge in [0, 0.05) is 12.6 Å². The molecule has 0 unspecified atom stereocenters. The first kappa shape index (κ1) is 18.7. The van der Waals surface area contributed by atoms with E-state index >= 15 is 0 Å². The topological polar surface area (TPSA) is 127 Å². The van der Waals surface area contributed by atoms with Gasteiger partial charge in [-0.05, 0) is 37.9 Å². The lowest BCUT2D eigenvalue weighted by atomic mass is 9.97. The number of hydrogen-bond acceptors (Lipinski definition) is 6. The van der Waals surface area contributed by atoms with Crippen molar-refractivity contribution < 1.29 is 19.1 Å². The monoisotopic (exact) mass is 387 g/mol. The molecule has 1 spiro atoms. The molecule has 1 saturated carbocycles. The van der Waals surface area contributed by atoms with Gasteiger partial charge in [0.2, 0.25) is 23.3 Å². The molecule has 9 heteroatoms. The first-order valence-corrected chi connectivity index (χ1v) is 9.57. The Labute approximate surface area is 163 Å². The summed E-state index contributed by atoms with van der Waals surface area (Å²) < 4.78 is 5.97. The predicted octanol–water partition coefficient (Wildman–Crippen LogP) is -0.0660. The van der Waals surface area contributed by atoms with Crippen molar-refractivity contribution >= 4 is 23.4 Å². The van der Waals surface area contributed by atoms with Crippen LogP contribution in [0.5, 0.6) is 5.88 Å². The molecule has 2 aliphatic heterocycles. The van der Waals surface area contributed by atoms with Gasteiger partial charge in [0.15, 0.2) is 0 Å². The Balaban J connectivity index is 1.61. The van der Waals surface area contributed by atoms with Crippen LogP contribution in [0.3, 0.4) is 0 Å². The molecule has 0 aromatic carbocycles. The van der Waals surface area contributed by atoms with Gasteiger partial charge < -0.3 is 26.0 Å². The van der Waals surface area contributed by atoms with E-state index in [9.17, 15) is 14.4 Å². The minimum atomic E-state index is -1.37. The molecule has 3 atom stereocenters. The van der Waals surface area contributed by atoms with Crippen molar-refractivity contribution in [3.8, 4) is 5.88 Å². The van der Waals surface area contributed by atoms with Gasteiger partial charge in [-0.2, -0.15) is 0 Å². The molecule has 0 radical (unpaired) electrons. The summed E-state index contributed by atoms with van der Waals surface area (Å²) in [6.07, 6.45) is 4.58. The summed E-state index contributed by atoms with van der Waals surface area (Å²) in [5.74, 6) is -0.457. The van der Waals surface area contributed by atoms with Gasteiger partial charge in [0.25, 0.3) is 5.91 Å². The lowest BCUT2D eigenvalue weighted by Crippen LogP contribution is -2.55. The number of nitrogens with one attached hydrogen (secondary N) is 2. The molecule has 1 aromatic heterocycles. The molecule has 4 N–H and O–H groups in total. The maximum absolute atomic E-state index is 13.1. The number of rotatable bonds is 5. The number of hydrogen-bond donors (Lipinski definition) is 3. The Hall–Kier alpha value is -2.68. The standard InChI is InChI=1S/C19H25N5O4/c1-10-5-12-16(22-8-10)28-19(18(27)23-12)7-14(15(20)25)24(9-19)17(26)13(21-2)6-11-3-4-11/h5,8,11,13-14,21H,3-4,6-7,9H2,1-2H3,(H2,20,25)(H,23,27)/t13-,14-,19+/m0/s1. The fraction of sp³-hybridized carbons (Fsp3) is 0.579. The van der Waals surface area contributed by atoms with Crippen LogP contribution in [0.2, 0.25) is 0 Å². The van der Waals surface area contributed by atoms with E-state index in [4.69, 9.17) is 10.5 Å². The predicted molar refractivity (Wildman–Crippen MR) is 100 cm³/mol. The first-order chi connectivity index (χ1) is 13.3. The van der Waals surface area contributed by atoms with Crippen molar-refractivity contribution in [2.45, 2.75) is 50.3 Å². The number of primary amides is 1. The molecule has 28 heavy (non-hydrogen) atoms. The van der Waals surface area contributed by atoms with Crippen LogP contribution in [-0.2, 0) is 14.4 Å². The Morgan fingerprint density at radius 3 is 2.89 bits per heavy atom. The largest absolute Gasteiger partial charge is 0.457 e. The average molecular weight is 387 g/mol. The fourth-order valence-electron chi connectivity index (χ4n) is 4.02. The normalized spacial score (nSPS) is 27.1. The van der Waals surface area contributed by atoms with Crippen molar-refractivity contribution in [3.05, 3.63) is 17.8 Å². The zero-order chi connectivity index (χ0) is 20.1. The van der Waals surface area contributed by atoms with Crippen LogP contribution in [0.1, 0.15) is 31.2 Å². The number of nitrogens with zero attached hydrogens (tertiary/aromatic N) is 2. The minimum Gasteiger partial charge on any atom is -0.457 e. The van der Waals surface area contributed by atoms with Gasteiger partial charge in [-0.1, -0.05) is 12.8 Å². The summed E-state index contributed by atoms with van der Waals surface area (Å²) in [4.78, 5) is 43.7. The van der Waals surface area contributed by atoms with Crippen molar-refractivity contribution in [2.75, 3.05) is 18.9 Å². The molecule has 1 aromatic rings. The molecule has 9 nitrogen and oxygen atoms in total. The van der Waals surface area contributed by atoms with Gasteiger partial charge in [0.1, 0.15) is 11.7 Å². The molecule has 2 fully saturated rings. The van der Waals surface area contributed by atoms with Crippen molar-refractivity contribution in [2.24, 2.45) is 11.7 Å². The Morgan fingerprint density at radius 1 is 1.50 bits per heavy atom. The van der Waals surface area contributed by atoms with Crippen LogP contribution < -0.4 is 21.1 Å². The van der Waals surface area contributed by atoms with E-state index in [0.717, 1.165) is 18.4 Å². The molecule has 1 aliphatic carbocycles. The third-order valence-electron chi connectivity index (χ3n) is 5.79. The summed E-state index contributed by atoms with van der Waals surface area (Å²) >= 11 is 0. The number of aromatic nitrogens is 1. The second-order valence-corrected chi connectivity index (χ2v) is 8.02. The molecular formula is C19H25N5O4. The number of anilines is 1. The molecule has 3 amide bonds. The maximum Gasteiger partial charge on any atom is 0.270 e. The number of amides is 3. The van der Waals surface area contributed by atoms with Crippen LogP contribution in [0.15, 0.2) is 12.3 Å². The number of pyridine rings is 1. The number of carbonyl (C=O) groups is 3. The Bertz CT molecular complexity index is 840. The van der Waals surface area contributed by atoms with Crippen LogP contribution in [0.4, 0.5) is 5.69 Å². The molecule has 1 saturated heterocycles. The zero-order valence-corrected chi connectivity index (χ0v) is 16.0. The molecule has 3 heterocycles. The second kappa shape index (κ2) is 6.73. The van der Waals surface area contributed by atoms with Crippen LogP contribution in [-0.4, -0.2) is 58.9 Å². The number of nitrogens with two attached hydrogens (primary N) is 1. The van der Waals surface area contributed by atoms with Crippen LogP contribution in [0.25, 0.3) is 0 Å². The van der Waals surface area contributed by atoms with Gasteiger partial charge in [0.05, 0.1) is 12.6 Å². The van der Waals surface area contributed by atoms with E-state index < -0.39 is 29.5 Å². The highest BCUT2D eigenvalue weighted by atomic mass is 16.5. The Morgan fingerprint density at radius 2 is 2.25 bits per heavy atom. The van der Waals surface area contributed by atoms with Crippen molar-refractivity contribution in [1.29, 1.82) is 0 Å². The zero-order valence-electron chi connectivity index (χ0n) is 16.0. The van der Waals surface area contributed by atoms with E-state index in [-0.39, 0.29) is 24.8 Å². The third kappa shape index (κ3) is 3.19. The maximum atomic E-state index is 13.1. The van der Waals surface area contributed by atoms with E-state index in [1.54, 1.807) is 19.3 Å². The number of carbonyl (C=O) groups excluding carboxylic acids is 3. The number of ether oxygens (including phenoxy) is 1. The summed E-state index contributed by atoms with van der Waals surface area (Å²) in [6, 6.07) is 0.452. The lowest BCUT2D eigenvalue weighted by Gasteiger charge is -2.33. The van der Waals surface area contributed by atoms with E-state index in [1.165, 1.54) is 4.90 Å². The highest BCUT2D eigenvalue weighted by Gasteiger charge is 2.57. The van der Waals surface area contributed by atoms with Gasteiger partial charge >= 0.3 is 0 Å². The van der Waals surface area contributed by atoms with Crippen molar-refractivity contribution in [1.82, 2.24) is 15.2 Å². The van der Waals surface area contributed by atoms with Crippen LogP contribution in [0, 0.1) is 12.8 Å². The van der Waals surface area contributed by atoms with Gasteiger partial charge in [-0.3, -0.25) is 14.4 Å². The number of likely N-dealkylation sites (tertiary alicyclic amines) is 1. The van der Waals surface area contributed by atoms with Gasteiger partial charge in [-0.15, -0.1) is 0 Å².